The molecule has 1 saturated carbocycles. The first kappa shape index (κ1) is 15.1. The van der Waals surface area contributed by atoms with Crippen molar-refractivity contribution in [2.45, 2.75) is 45.4 Å². The zero-order chi connectivity index (χ0) is 14.5. The van der Waals surface area contributed by atoms with E-state index >= 15 is 0 Å². The predicted octanol–water partition coefficient (Wildman–Crippen LogP) is 5.92. The first-order valence-corrected chi connectivity index (χ1v) is 8.06. The fourth-order valence-corrected chi connectivity index (χ4v) is 3.36. The lowest BCUT2D eigenvalue weighted by Gasteiger charge is -2.11. The molecule has 1 aromatic rings. The molecular formula is C18H23NS. The van der Waals surface area contributed by atoms with Crippen molar-refractivity contribution in [3.05, 3.63) is 58.6 Å². The van der Waals surface area contributed by atoms with E-state index < -0.39 is 0 Å². The summed E-state index contributed by atoms with van der Waals surface area (Å²) in [5, 5.41) is 0. The third-order valence-electron chi connectivity index (χ3n) is 4.04. The van der Waals surface area contributed by atoms with Crippen molar-refractivity contribution >= 4 is 17.3 Å². The Morgan fingerprint density at radius 1 is 1.30 bits per heavy atom. The zero-order valence-corrected chi connectivity index (χ0v) is 13.3. The summed E-state index contributed by atoms with van der Waals surface area (Å²) in [4.78, 5) is 6.86. The van der Waals surface area contributed by atoms with Crippen LogP contribution in [-0.2, 0) is 0 Å². The van der Waals surface area contributed by atoms with Gasteiger partial charge in [-0.05, 0) is 54.7 Å². The topological polar surface area (TPSA) is 12.9 Å². The Morgan fingerprint density at radius 3 is 2.55 bits per heavy atom. The summed E-state index contributed by atoms with van der Waals surface area (Å²) in [6.07, 6.45) is 9.23. The van der Waals surface area contributed by atoms with Crippen molar-refractivity contribution < 1.29 is 0 Å². The van der Waals surface area contributed by atoms with Gasteiger partial charge in [0.15, 0.2) is 0 Å². The van der Waals surface area contributed by atoms with Crippen molar-refractivity contribution in [1.82, 2.24) is 4.98 Å². The molecule has 0 bridgehead atoms. The maximum Gasteiger partial charge on any atom is 0.0666 e. The molecule has 1 aliphatic rings. The van der Waals surface area contributed by atoms with E-state index in [0.29, 0.717) is 0 Å². The molecule has 1 fully saturated rings. The van der Waals surface area contributed by atoms with E-state index in [9.17, 15) is 0 Å². The maximum absolute atomic E-state index is 4.65. The van der Waals surface area contributed by atoms with Crippen LogP contribution in [0.15, 0.2) is 47.4 Å². The molecule has 1 aromatic heterocycles. The van der Waals surface area contributed by atoms with E-state index in [1.807, 2.05) is 0 Å². The minimum Gasteiger partial charge on any atom is -0.256 e. The standard InChI is InChI=1S/C18H23NS/c1-5-13(2)20-15(4)14(3)18-11-10-17(12-19-18)16-8-6-7-9-16/h5,10-12,16H,1-2,6-9H2,3-4H3/b15-14-. The molecule has 0 N–H and O–H groups in total. The van der Waals surface area contributed by atoms with Crippen LogP contribution in [0.4, 0.5) is 0 Å². The summed E-state index contributed by atoms with van der Waals surface area (Å²) in [5.74, 6) is 0.733. The SMILES string of the molecule is C=CC(=C)S/C(C)=C(/C)c1ccc(C2CCCC2)cn1. The summed E-state index contributed by atoms with van der Waals surface area (Å²) in [6, 6.07) is 4.41. The fourth-order valence-electron chi connectivity index (χ4n) is 2.62. The van der Waals surface area contributed by atoms with Gasteiger partial charge in [-0.15, -0.1) is 0 Å². The van der Waals surface area contributed by atoms with Gasteiger partial charge in [0.05, 0.1) is 5.69 Å². The smallest absolute Gasteiger partial charge is 0.0666 e. The second kappa shape index (κ2) is 6.94. The Balaban J connectivity index is 2.14. The van der Waals surface area contributed by atoms with Gasteiger partial charge in [0.2, 0.25) is 0 Å². The number of nitrogens with zero attached hydrogens (tertiary/aromatic N) is 1. The van der Waals surface area contributed by atoms with E-state index in [1.54, 1.807) is 17.8 Å². The van der Waals surface area contributed by atoms with E-state index in [1.165, 1.54) is 41.7 Å². The zero-order valence-electron chi connectivity index (χ0n) is 12.5. The van der Waals surface area contributed by atoms with Crippen LogP contribution in [0.1, 0.15) is 56.7 Å². The van der Waals surface area contributed by atoms with E-state index in [-0.39, 0.29) is 0 Å². The van der Waals surface area contributed by atoms with Gasteiger partial charge in [-0.3, -0.25) is 4.98 Å². The average Bonchev–Trinajstić information content (AvgIpc) is 3.00. The minimum absolute atomic E-state index is 0.733. The van der Waals surface area contributed by atoms with Crippen molar-refractivity contribution in [2.24, 2.45) is 0 Å². The number of aromatic nitrogens is 1. The lowest BCUT2D eigenvalue weighted by Crippen LogP contribution is -1.95. The molecule has 0 amide bonds. The molecule has 2 heteroatoms. The van der Waals surface area contributed by atoms with E-state index in [4.69, 9.17) is 0 Å². The average molecular weight is 285 g/mol. The lowest BCUT2D eigenvalue weighted by atomic mass is 9.99. The molecule has 2 rings (SSSR count). The summed E-state index contributed by atoms with van der Waals surface area (Å²) in [7, 11) is 0. The van der Waals surface area contributed by atoms with Crippen LogP contribution in [0.2, 0.25) is 0 Å². The summed E-state index contributed by atoms with van der Waals surface area (Å²) in [5.41, 5.74) is 3.68. The first-order chi connectivity index (χ1) is 9.61. The van der Waals surface area contributed by atoms with Crippen molar-refractivity contribution in [2.75, 3.05) is 0 Å². The predicted molar refractivity (Wildman–Crippen MR) is 90.6 cm³/mol. The monoisotopic (exact) mass is 285 g/mol. The van der Waals surface area contributed by atoms with E-state index in [0.717, 1.165) is 16.5 Å². The van der Waals surface area contributed by atoms with Crippen LogP contribution in [0, 0.1) is 0 Å². The number of hydrogen-bond acceptors (Lipinski definition) is 2. The highest BCUT2D eigenvalue weighted by Crippen LogP contribution is 2.35. The molecular weight excluding hydrogens is 262 g/mol. The van der Waals surface area contributed by atoms with Crippen molar-refractivity contribution in [3.8, 4) is 0 Å². The normalized spacial score (nSPS) is 16.9. The third-order valence-corrected chi connectivity index (χ3v) is 5.08. The maximum atomic E-state index is 4.65. The Bertz CT molecular complexity index is 519. The molecule has 1 aliphatic carbocycles. The molecule has 1 heterocycles. The molecule has 0 spiro atoms. The highest BCUT2D eigenvalue weighted by Gasteiger charge is 2.17. The van der Waals surface area contributed by atoms with Crippen LogP contribution in [0.3, 0.4) is 0 Å². The van der Waals surface area contributed by atoms with Crippen LogP contribution in [0.25, 0.3) is 5.57 Å². The van der Waals surface area contributed by atoms with Crippen LogP contribution in [0.5, 0.6) is 0 Å². The minimum atomic E-state index is 0.733. The lowest BCUT2D eigenvalue weighted by molar-refractivity contribution is 0.719. The molecule has 0 radical (unpaired) electrons. The van der Waals surface area contributed by atoms with E-state index in [2.05, 4.69) is 50.3 Å². The summed E-state index contributed by atoms with van der Waals surface area (Å²) < 4.78 is 0. The molecule has 0 aromatic carbocycles. The molecule has 1 nitrogen and oxygen atoms in total. The van der Waals surface area contributed by atoms with Gasteiger partial charge in [0.25, 0.3) is 0 Å². The molecule has 106 valence electrons. The van der Waals surface area contributed by atoms with Gasteiger partial charge in [-0.2, -0.15) is 0 Å². The second-order valence-corrected chi connectivity index (χ2v) is 6.75. The van der Waals surface area contributed by atoms with Gasteiger partial charge in [-0.25, -0.2) is 0 Å². The Hall–Kier alpha value is -1.28. The van der Waals surface area contributed by atoms with Crippen LogP contribution in [-0.4, -0.2) is 4.98 Å². The van der Waals surface area contributed by atoms with Gasteiger partial charge >= 0.3 is 0 Å². The number of thioether (sulfide) groups is 1. The number of rotatable bonds is 5. The van der Waals surface area contributed by atoms with Crippen molar-refractivity contribution in [1.29, 1.82) is 0 Å². The highest BCUT2D eigenvalue weighted by atomic mass is 32.2. The van der Waals surface area contributed by atoms with Crippen LogP contribution >= 0.6 is 11.8 Å². The molecule has 0 aliphatic heterocycles. The Morgan fingerprint density at radius 2 is 2.00 bits per heavy atom. The highest BCUT2D eigenvalue weighted by molar-refractivity contribution is 8.07. The molecule has 20 heavy (non-hydrogen) atoms. The Kier molecular flexibility index (Phi) is 5.24. The summed E-state index contributed by atoms with van der Waals surface area (Å²) >= 11 is 1.66. The number of hydrogen-bond donors (Lipinski definition) is 0. The third kappa shape index (κ3) is 3.63. The largest absolute Gasteiger partial charge is 0.256 e. The van der Waals surface area contributed by atoms with Gasteiger partial charge in [0, 0.05) is 11.1 Å². The summed E-state index contributed by atoms with van der Waals surface area (Å²) in [6.45, 7) is 11.9. The Labute approximate surface area is 126 Å². The first-order valence-electron chi connectivity index (χ1n) is 7.25. The molecule has 0 saturated heterocycles. The molecule has 0 unspecified atom stereocenters. The number of pyridine rings is 1. The van der Waals surface area contributed by atoms with Gasteiger partial charge < -0.3 is 0 Å². The number of allylic oxidation sites excluding steroid dienone is 3. The van der Waals surface area contributed by atoms with Crippen molar-refractivity contribution in [3.63, 3.8) is 0 Å². The van der Waals surface area contributed by atoms with Gasteiger partial charge in [0.1, 0.15) is 0 Å². The quantitative estimate of drug-likeness (QED) is 0.622. The van der Waals surface area contributed by atoms with Crippen LogP contribution < -0.4 is 0 Å². The second-order valence-electron chi connectivity index (χ2n) is 5.41. The molecule has 0 atom stereocenters. The van der Waals surface area contributed by atoms with Gasteiger partial charge in [-0.1, -0.05) is 49.9 Å². The fraction of sp³-hybridized carbons (Fsp3) is 0.389.